The summed E-state index contributed by atoms with van der Waals surface area (Å²) in [6.07, 6.45) is 2.28. The van der Waals surface area contributed by atoms with Crippen molar-refractivity contribution in [1.82, 2.24) is 36.4 Å². The van der Waals surface area contributed by atoms with Crippen molar-refractivity contribution in [2.24, 2.45) is 38.7 Å². The molecule has 2 aromatic rings. The van der Waals surface area contributed by atoms with E-state index in [0.29, 0.717) is 43.4 Å². The molecule has 7 unspecified atom stereocenters. The first kappa shape index (κ1) is 54.3. The van der Waals surface area contributed by atoms with Gasteiger partial charge in [0.2, 0.25) is 41.4 Å². The minimum absolute atomic E-state index is 0.0143. The molecule has 24 nitrogen and oxygen atoms in total. The van der Waals surface area contributed by atoms with Crippen molar-refractivity contribution in [3.05, 3.63) is 71.8 Å². The first-order chi connectivity index (χ1) is 33.0. The molecule has 4 rings (SSSR count). The number of carbonyl (C=O) groups is 8. The lowest BCUT2D eigenvalue weighted by Gasteiger charge is -2.30. The van der Waals surface area contributed by atoms with Gasteiger partial charge in [0.1, 0.15) is 36.3 Å². The van der Waals surface area contributed by atoms with Crippen LogP contribution in [0, 0.1) is 0 Å². The van der Waals surface area contributed by atoms with Crippen LogP contribution in [0.5, 0.6) is 0 Å². The zero-order chi connectivity index (χ0) is 50.5. The Morgan fingerprint density at radius 3 is 1.61 bits per heavy atom. The quantitative estimate of drug-likeness (QED) is 0.0243. The zero-order valence-corrected chi connectivity index (χ0v) is 38.5. The van der Waals surface area contributed by atoms with Gasteiger partial charge in [-0.1, -0.05) is 60.7 Å². The number of rotatable bonds is 26. The van der Waals surface area contributed by atoms with E-state index in [1.54, 1.807) is 60.7 Å². The van der Waals surface area contributed by atoms with Crippen LogP contribution in [0.4, 0.5) is 0 Å². The Bertz CT molecular complexity index is 2140. The molecule has 2 saturated heterocycles. The van der Waals surface area contributed by atoms with Crippen molar-refractivity contribution in [1.29, 1.82) is 0 Å². The van der Waals surface area contributed by atoms with Gasteiger partial charge in [-0.05, 0) is 62.5 Å². The number of benzene rings is 2. The number of aliphatic imine (C=N–C) groups is 2. The Labute approximate surface area is 399 Å². The van der Waals surface area contributed by atoms with E-state index in [9.17, 15) is 48.6 Å². The average Bonchev–Trinajstić information content (AvgIpc) is 4.03. The maximum absolute atomic E-state index is 14.1. The molecular formula is C45H66N14O10. The van der Waals surface area contributed by atoms with Crippen LogP contribution < -0.4 is 55.3 Å². The van der Waals surface area contributed by atoms with E-state index in [2.05, 4.69) is 36.6 Å². The molecule has 2 aromatic carbocycles. The Kier molecular flexibility index (Phi) is 21.6. The molecule has 17 N–H and O–H groups in total. The smallest absolute Gasteiger partial charge is 0.326 e. The van der Waals surface area contributed by atoms with Crippen molar-refractivity contribution in [3.8, 4) is 0 Å². The molecule has 0 aliphatic carbocycles. The highest BCUT2D eigenvalue weighted by Crippen LogP contribution is 2.21. The summed E-state index contributed by atoms with van der Waals surface area (Å²) in [6, 6.07) is 8.96. The Morgan fingerprint density at radius 2 is 1.10 bits per heavy atom. The summed E-state index contributed by atoms with van der Waals surface area (Å²) < 4.78 is 0. The maximum Gasteiger partial charge on any atom is 0.326 e. The van der Waals surface area contributed by atoms with E-state index < -0.39 is 103 Å². The number of nitrogens with two attached hydrogens (primary N) is 5. The van der Waals surface area contributed by atoms with Crippen LogP contribution in [0.25, 0.3) is 0 Å². The minimum Gasteiger partial charge on any atom is -0.480 e. The maximum atomic E-state index is 14.1. The van der Waals surface area contributed by atoms with Crippen LogP contribution >= 0.6 is 0 Å². The number of hydrogen-bond acceptors (Lipinski definition) is 12. The molecular weight excluding hydrogens is 897 g/mol. The number of carboxylic acid groups (broad SMARTS) is 1. The highest BCUT2D eigenvalue weighted by Gasteiger charge is 2.40. The van der Waals surface area contributed by atoms with E-state index in [0.717, 1.165) is 0 Å². The first-order valence-corrected chi connectivity index (χ1v) is 22.9. The Morgan fingerprint density at radius 1 is 0.623 bits per heavy atom. The number of likely N-dealkylation sites (tertiary alicyclic amines) is 2. The van der Waals surface area contributed by atoms with Crippen LogP contribution in [0.2, 0.25) is 0 Å². The summed E-state index contributed by atoms with van der Waals surface area (Å²) in [5.74, 6) is -6.49. The van der Waals surface area contributed by atoms with Gasteiger partial charge in [-0.3, -0.25) is 43.5 Å². The molecule has 7 atom stereocenters. The van der Waals surface area contributed by atoms with Crippen LogP contribution in [-0.2, 0) is 51.2 Å². The summed E-state index contributed by atoms with van der Waals surface area (Å²) in [5, 5.41) is 33.1. The fraction of sp³-hybridized carbons (Fsp3) is 0.511. The van der Waals surface area contributed by atoms with Gasteiger partial charge in [0.25, 0.3) is 0 Å². The number of guanidine groups is 2. The molecule has 2 fully saturated rings. The van der Waals surface area contributed by atoms with E-state index in [1.807, 2.05) is 0 Å². The summed E-state index contributed by atoms with van der Waals surface area (Å²) in [7, 11) is 0. The van der Waals surface area contributed by atoms with E-state index in [-0.39, 0.29) is 70.1 Å². The number of aliphatic hydroxyl groups is 1. The minimum atomic E-state index is -1.57. The monoisotopic (exact) mass is 963 g/mol. The van der Waals surface area contributed by atoms with Gasteiger partial charge in [-0.15, -0.1) is 0 Å². The van der Waals surface area contributed by atoms with Gasteiger partial charge < -0.3 is 75.3 Å². The van der Waals surface area contributed by atoms with Gasteiger partial charge in [0, 0.05) is 39.0 Å². The number of carbonyl (C=O) groups excluding carboxylic acids is 7. The summed E-state index contributed by atoms with van der Waals surface area (Å²) in [5.41, 5.74) is 28.8. The molecule has 376 valence electrons. The van der Waals surface area contributed by atoms with Gasteiger partial charge in [0.15, 0.2) is 11.9 Å². The largest absolute Gasteiger partial charge is 0.480 e. The lowest BCUT2D eigenvalue weighted by Crippen LogP contribution is -2.60. The molecule has 2 aliphatic heterocycles. The van der Waals surface area contributed by atoms with Gasteiger partial charge in [0.05, 0.1) is 19.2 Å². The standard InChI is InChI=1S/C45H66N14O10/c46-29(15-7-19-51-44(47)48)41(66)58-21-9-17-34(58)39(64)53-25-36(61)54-31(23-27-11-3-1-4-12-27)37(62)57-33(26-60)42(67)59-22-10-18-35(59)40(65)56-32(24-28-13-5-2-6-14-28)38(63)55-30(43(68)69)16-8-20-52-45(49)50/h1-6,11-14,29-35,60H,7-10,15-26,46H2,(H,53,64)(H,54,61)(H,55,63)(H,56,65)(H,57,62)(H,68,69)(H4,47,48,51)(H4,49,50,52). The lowest BCUT2D eigenvalue weighted by molar-refractivity contribution is -0.144. The fourth-order valence-corrected chi connectivity index (χ4v) is 8.07. The van der Waals surface area contributed by atoms with E-state index in [1.165, 1.54) is 9.80 Å². The number of hydrogen-bond donors (Lipinski definition) is 12. The normalized spacial score (nSPS) is 17.5. The van der Waals surface area contributed by atoms with Crippen molar-refractivity contribution < 1.29 is 48.6 Å². The lowest BCUT2D eigenvalue weighted by atomic mass is 10.0. The Balaban J connectivity index is 1.41. The second kappa shape index (κ2) is 27.5. The number of amides is 7. The summed E-state index contributed by atoms with van der Waals surface area (Å²) >= 11 is 0. The molecule has 2 aliphatic rings. The van der Waals surface area contributed by atoms with Crippen LogP contribution in [0.3, 0.4) is 0 Å². The third-order valence-electron chi connectivity index (χ3n) is 11.6. The third-order valence-corrected chi connectivity index (χ3v) is 11.6. The third kappa shape index (κ3) is 17.4. The summed E-state index contributed by atoms with van der Waals surface area (Å²) in [6.45, 7) is -0.674. The number of nitrogens with zero attached hydrogens (tertiary/aromatic N) is 4. The van der Waals surface area contributed by atoms with Crippen molar-refractivity contribution in [2.45, 2.75) is 107 Å². The molecule has 69 heavy (non-hydrogen) atoms. The number of aliphatic hydroxyl groups excluding tert-OH is 1. The second-order valence-corrected chi connectivity index (χ2v) is 16.8. The Hall–Kier alpha value is -7.34. The molecule has 0 saturated carbocycles. The van der Waals surface area contributed by atoms with E-state index in [4.69, 9.17) is 28.7 Å². The zero-order valence-electron chi connectivity index (χ0n) is 38.5. The fourth-order valence-electron chi connectivity index (χ4n) is 8.07. The highest BCUT2D eigenvalue weighted by molar-refractivity contribution is 5.97. The SMILES string of the molecule is NC(N)=NCCCC(N)C(=O)N1CCCC1C(=O)NCC(=O)NC(Cc1ccccc1)C(=O)NC(CO)C(=O)N1CCCC1C(=O)NC(Cc1ccccc1)C(=O)NC(CCCN=C(N)N)C(=O)O. The number of nitrogens with one attached hydrogen (secondary N) is 5. The second-order valence-electron chi connectivity index (χ2n) is 16.8. The van der Waals surface area contributed by atoms with Gasteiger partial charge >= 0.3 is 5.97 Å². The number of carboxylic acids is 1. The first-order valence-electron chi connectivity index (χ1n) is 22.9. The molecule has 2 heterocycles. The summed E-state index contributed by atoms with van der Waals surface area (Å²) in [4.78, 5) is 118. The molecule has 0 radical (unpaired) electrons. The number of aliphatic carboxylic acids is 1. The van der Waals surface area contributed by atoms with Crippen LogP contribution in [-0.4, -0.2) is 161 Å². The van der Waals surface area contributed by atoms with Crippen molar-refractivity contribution >= 4 is 59.2 Å². The topological polar surface area (TPSA) is 398 Å². The van der Waals surface area contributed by atoms with Crippen molar-refractivity contribution in [2.75, 3.05) is 39.3 Å². The molecule has 0 bridgehead atoms. The van der Waals surface area contributed by atoms with Crippen LogP contribution in [0.1, 0.15) is 62.5 Å². The van der Waals surface area contributed by atoms with Crippen LogP contribution in [0.15, 0.2) is 70.6 Å². The molecule has 0 aromatic heterocycles. The van der Waals surface area contributed by atoms with Crippen molar-refractivity contribution in [3.63, 3.8) is 0 Å². The average molecular weight is 963 g/mol. The predicted molar refractivity (Wildman–Crippen MR) is 253 cm³/mol. The predicted octanol–water partition coefficient (Wildman–Crippen LogP) is -3.98. The van der Waals surface area contributed by atoms with Gasteiger partial charge in [-0.2, -0.15) is 0 Å². The molecule has 0 spiro atoms. The van der Waals surface area contributed by atoms with Gasteiger partial charge in [-0.25, -0.2) is 4.79 Å². The molecule has 7 amide bonds. The highest BCUT2D eigenvalue weighted by atomic mass is 16.4. The van der Waals surface area contributed by atoms with E-state index >= 15 is 0 Å². The molecule has 24 heteroatoms.